The second-order valence-electron chi connectivity index (χ2n) is 4.65. The number of hydrogen-bond acceptors (Lipinski definition) is 3. The molecule has 0 saturated carbocycles. The highest BCUT2D eigenvalue weighted by atomic mass is 16.3. The minimum atomic E-state index is -0.248. The van der Waals surface area contributed by atoms with Crippen LogP contribution in [0.1, 0.15) is 37.9 Å². The summed E-state index contributed by atoms with van der Waals surface area (Å²) in [7, 11) is 1.94. The van der Waals surface area contributed by atoms with E-state index >= 15 is 0 Å². The number of hydrogen-bond donors (Lipinski definition) is 2. The Balaban J connectivity index is 2.35. The van der Waals surface area contributed by atoms with Crippen LogP contribution >= 0.6 is 0 Å². The molecule has 1 aromatic rings. The molecule has 1 heterocycles. The molecule has 0 radical (unpaired) electrons. The number of aliphatic hydroxyl groups is 1. The van der Waals surface area contributed by atoms with Crippen molar-refractivity contribution in [1.82, 2.24) is 15.1 Å². The van der Waals surface area contributed by atoms with Crippen LogP contribution in [0.4, 0.5) is 0 Å². The maximum atomic E-state index is 9.98. The molecule has 1 aromatic heterocycles. The van der Waals surface area contributed by atoms with Gasteiger partial charge in [-0.15, -0.1) is 0 Å². The zero-order valence-corrected chi connectivity index (χ0v) is 11.4. The highest BCUT2D eigenvalue weighted by molar-refractivity contribution is 5.15. The highest BCUT2D eigenvalue weighted by Gasteiger charge is 2.14. The van der Waals surface area contributed by atoms with Crippen LogP contribution in [0.2, 0.25) is 0 Å². The average molecular weight is 239 g/mol. The topological polar surface area (TPSA) is 50.1 Å². The molecule has 1 rings (SSSR count). The van der Waals surface area contributed by atoms with Gasteiger partial charge in [0.15, 0.2) is 0 Å². The van der Waals surface area contributed by atoms with Crippen molar-refractivity contribution in [3.8, 4) is 0 Å². The SMILES string of the molecule is CCC(CC)C(O)CNCc1cnn(C)c1C. The zero-order chi connectivity index (χ0) is 12.8. The van der Waals surface area contributed by atoms with E-state index in [2.05, 4.69) is 31.2 Å². The summed E-state index contributed by atoms with van der Waals surface area (Å²) in [6.45, 7) is 7.74. The number of aryl methyl sites for hydroxylation is 1. The van der Waals surface area contributed by atoms with Crippen molar-refractivity contribution in [3.05, 3.63) is 17.5 Å². The van der Waals surface area contributed by atoms with E-state index in [4.69, 9.17) is 0 Å². The molecule has 17 heavy (non-hydrogen) atoms. The van der Waals surface area contributed by atoms with E-state index in [9.17, 15) is 5.11 Å². The average Bonchev–Trinajstić information content (AvgIpc) is 2.62. The lowest BCUT2D eigenvalue weighted by Crippen LogP contribution is -2.32. The summed E-state index contributed by atoms with van der Waals surface area (Å²) in [5.74, 6) is 0.400. The number of nitrogens with zero attached hydrogens (tertiary/aromatic N) is 2. The summed E-state index contributed by atoms with van der Waals surface area (Å²) >= 11 is 0. The molecule has 0 aliphatic heterocycles. The fourth-order valence-corrected chi connectivity index (χ4v) is 2.07. The van der Waals surface area contributed by atoms with Gasteiger partial charge in [0.25, 0.3) is 0 Å². The Morgan fingerprint density at radius 2 is 2.06 bits per heavy atom. The fourth-order valence-electron chi connectivity index (χ4n) is 2.07. The Hall–Kier alpha value is -0.870. The van der Waals surface area contributed by atoms with Gasteiger partial charge in [-0.2, -0.15) is 5.10 Å². The summed E-state index contributed by atoms with van der Waals surface area (Å²) in [6, 6.07) is 0. The largest absolute Gasteiger partial charge is 0.392 e. The molecule has 4 nitrogen and oxygen atoms in total. The third-order valence-electron chi connectivity index (χ3n) is 3.60. The van der Waals surface area contributed by atoms with E-state index in [0.717, 1.165) is 19.4 Å². The van der Waals surface area contributed by atoms with Gasteiger partial charge in [-0.1, -0.05) is 26.7 Å². The number of aliphatic hydroxyl groups excluding tert-OH is 1. The van der Waals surface area contributed by atoms with Gasteiger partial charge >= 0.3 is 0 Å². The second kappa shape index (κ2) is 6.77. The van der Waals surface area contributed by atoms with E-state index in [1.807, 2.05) is 17.9 Å². The van der Waals surface area contributed by atoms with Gasteiger partial charge < -0.3 is 10.4 Å². The molecule has 2 N–H and O–H groups in total. The lowest BCUT2D eigenvalue weighted by Gasteiger charge is -2.20. The molecular formula is C13H25N3O. The normalized spacial score (nSPS) is 13.3. The first-order valence-electron chi connectivity index (χ1n) is 6.46. The third kappa shape index (κ3) is 3.82. The summed E-state index contributed by atoms with van der Waals surface area (Å²) in [5, 5.41) is 17.5. The number of aromatic nitrogens is 2. The Bertz CT molecular complexity index is 331. The second-order valence-corrected chi connectivity index (χ2v) is 4.65. The van der Waals surface area contributed by atoms with Crippen molar-refractivity contribution in [2.24, 2.45) is 13.0 Å². The fraction of sp³-hybridized carbons (Fsp3) is 0.769. The van der Waals surface area contributed by atoms with Gasteiger partial charge in [0.1, 0.15) is 0 Å². The van der Waals surface area contributed by atoms with E-state index < -0.39 is 0 Å². The molecule has 0 amide bonds. The molecule has 0 fully saturated rings. The van der Waals surface area contributed by atoms with Gasteiger partial charge in [0.2, 0.25) is 0 Å². The Labute approximate surface area is 104 Å². The van der Waals surface area contributed by atoms with Crippen molar-refractivity contribution in [1.29, 1.82) is 0 Å². The van der Waals surface area contributed by atoms with E-state index in [1.54, 1.807) is 0 Å². The quantitative estimate of drug-likeness (QED) is 0.760. The van der Waals surface area contributed by atoms with Crippen molar-refractivity contribution >= 4 is 0 Å². The molecular weight excluding hydrogens is 214 g/mol. The van der Waals surface area contributed by atoms with Crippen molar-refractivity contribution in [2.75, 3.05) is 6.54 Å². The van der Waals surface area contributed by atoms with Gasteiger partial charge in [0, 0.05) is 31.4 Å². The van der Waals surface area contributed by atoms with Crippen LogP contribution < -0.4 is 5.32 Å². The van der Waals surface area contributed by atoms with Crippen molar-refractivity contribution < 1.29 is 5.11 Å². The molecule has 0 saturated heterocycles. The molecule has 0 aliphatic carbocycles. The minimum absolute atomic E-state index is 0.248. The van der Waals surface area contributed by atoms with Crippen LogP contribution in [0.25, 0.3) is 0 Å². The van der Waals surface area contributed by atoms with Gasteiger partial charge in [-0.05, 0) is 12.8 Å². The van der Waals surface area contributed by atoms with Crippen LogP contribution in [0.5, 0.6) is 0 Å². The lowest BCUT2D eigenvalue weighted by atomic mass is 9.96. The maximum absolute atomic E-state index is 9.98. The predicted molar refractivity (Wildman–Crippen MR) is 69.7 cm³/mol. The van der Waals surface area contributed by atoms with Gasteiger partial charge in [-0.3, -0.25) is 4.68 Å². The van der Waals surface area contributed by atoms with Gasteiger partial charge in [0.05, 0.1) is 12.3 Å². The molecule has 0 aliphatic rings. The first-order valence-corrected chi connectivity index (χ1v) is 6.46. The molecule has 4 heteroatoms. The summed E-state index contributed by atoms with van der Waals surface area (Å²) in [5.41, 5.74) is 2.37. The molecule has 0 aromatic carbocycles. The van der Waals surface area contributed by atoms with Crippen LogP contribution in [0.15, 0.2) is 6.20 Å². The maximum Gasteiger partial charge on any atom is 0.0692 e. The molecule has 0 spiro atoms. The lowest BCUT2D eigenvalue weighted by molar-refractivity contribution is 0.101. The first-order chi connectivity index (χ1) is 8.10. The highest BCUT2D eigenvalue weighted by Crippen LogP contribution is 2.12. The Kier molecular flexibility index (Phi) is 5.65. The standard InChI is InChI=1S/C13H25N3O/c1-5-11(6-2)13(17)9-14-7-12-8-15-16(4)10(12)3/h8,11,13-14,17H,5-7,9H2,1-4H3. The number of nitrogens with one attached hydrogen (secondary N) is 1. The molecule has 1 unspecified atom stereocenters. The summed E-state index contributed by atoms with van der Waals surface area (Å²) < 4.78 is 1.87. The molecule has 0 bridgehead atoms. The van der Waals surface area contributed by atoms with E-state index in [0.29, 0.717) is 12.5 Å². The minimum Gasteiger partial charge on any atom is -0.392 e. The van der Waals surface area contributed by atoms with Crippen molar-refractivity contribution in [3.63, 3.8) is 0 Å². The molecule has 98 valence electrons. The Morgan fingerprint density at radius 3 is 2.53 bits per heavy atom. The zero-order valence-electron chi connectivity index (χ0n) is 11.4. The van der Waals surface area contributed by atoms with Crippen LogP contribution in [-0.2, 0) is 13.6 Å². The van der Waals surface area contributed by atoms with E-state index in [-0.39, 0.29) is 6.10 Å². The van der Waals surface area contributed by atoms with Crippen LogP contribution in [-0.4, -0.2) is 27.5 Å². The number of rotatable bonds is 7. The molecule has 1 atom stereocenters. The van der Waals surface area contributed by atoms with E-state index in [1.165, 1.54) is 11.3 Å². The summed E-state index contributed by atoms with van der Waals surface area (Å²) in [6.07, 6.45) is 3.70. The van der Waals surface area contributed by atoms with Crippen molar-refractivity contribution in [2.45, 2.75) is 46.3 Å². The van der Waals surface area contributed by atoms with Crippen LogP contribution in [0.3, 0.4) is 0 Å². The summed E-state index contributed by atoms with van der Waals surface area (Å²) in [4.78, 5) is 0. The smallest absolute Gasteiger partial charge is 0.0692 e. The predicted octanol–water partition coefficient (Wildman–Crippen LogP) is 1.62. The third-order valence-corrected chi connectivity index (χ3v) is 3.60. The first kappa shape index (κ1) is 14.2. The van der Waals surface area contributed by atoms with Crippen LogP contribution in [0, 0.1) is 12.8 Å². The Morgan fingerprint density at radius 1 is 1.41 bits per heavy atom. The monoisotopic (exact) mass is 239 g/mol. The van der Waals surface area contributed by atoms with Gasteiger partial charge in [-0.25, -0.2) is 0 Å².